The first-order chi connectivity index (χ1) is 14.1. The monoisotopic (exact) mass is 382 g/mol. The van der Waals surface area contributed by atoms with Gasteiger partial charge in [-0.15, -0.1) is 0 Å². The number of aryl methyl sites for hydroxylation is 2. The standard InChI is InChI=1S/C25H26N4/c1-5-21-14-13-20(17-23(21)18-26-3)12-11-19(2)28-25-24(27-15-16-29(25)4)22-9-7-6-8-10-22/h5-10,13-18H,1-2,11-12H2,3-4H3. The molecule has 146 valence electrons. The van der Waals surface area contributed by atoms with Crippen LogP contribution in [0.1, 0.15) is 23.1 Å². The van der Waals surface area contributed by atoms with Gasteiger partial charge in [-0.05, 0) is 35.6 Å². The Morgan fingerprint density at radius 3 is 2.66 bits per heavy atom. The van der Waals surface area contributed by atoms with E-state index >= 15 is 0 Å². The number of benzene rings is 2. The molecule has 0 saturated carbocycles. The molecule has 2 aromatic carbocycles. The lowest BCUT2D eigenvalue weighted by Crippen LogP contribution is -2.21. The molecule has 0 aliphatic heterocycles. The number of allylic oxidation sites excluding steroid dienone is 1. The van der Waals surface area contributed by atoms with Crippen LogP contribution in [0.2, 0.25) is 0 Å². The van der Waals surface area contributed by atoms with E-state index in [2.05, 4.69) is 41.3 Å². The second-order valence-electron chi connectivity index (χ2n) is 6.81. The molecular weight excluding hydrogens is 356 g/mol. The minimum atomic E-state index is 0.763. The lowest BCUT2D eigenvalue weighted by atomic mass is 10.0. The number of hydrogen-bond acceptors (Lipinski definition) is 3. The zero-order valence-electron chi connectivity index (χ0n) is 17.0. The molecule has 0 unspecified atom stereocenters. The van der Waals surface area contributed by atoms with Gasteiger partial charge in [0.15, 0.2) is 5.49 Å². The van der Waals surface area contributed by atoms with Crippen molar-refractivity contribution in [3.8, 4) is 11.3 Å². The van der Waals surface area contributed by atoms with Gasteiger partial charge in [0.05, 0.1) is 0 Å². The van der Waals surface area contributed by atoms with Crippen molar-refractivity contribution < 1.29 is 0 Å². The van der Waals surface area contributed by atoms with Crippen LogP contribution in [-0.4, -0.2) is 22.8 Å². The minimum Gasteiger partial charge on any atom is -0.333 e. The number of aliphatic imine (C=N–C) groups is 1. The summed E-state index contributed by atoms with van der Waals surface area (Å²) in [5, 5.41) is 0. The highest BCUT2D eigenvalue weighted by atomic mass is 15.0. The van der Waals surface area contributed by atoms with Crippen LogP contribution in [0.5, 0.6) is 0 Å². The van der Waals surface area contributed by atoms with E-state index in [1.54, 1.807) is 13.2 Å². The lowest BCUT2D eigenvalue weighted by Gasteiger charge is -2.08. The summed E-state index contributed by atoms with van der Waals surface area (Å²) in [6.07, 6.45) is 9.03. The molecule has 0 aliphatic rings. The van der Waals surface area contributed by atoms with E-state index in [1.165, 1.54) is 5.56 Å². The van der Waals surface area contributed by atoms with Crippen LogP contribution in [0.4, 0.5) is 0 Å². The Labute approximate surface area is 172 Å². The van der Waals surface area contributed by atoms with Gasteiger partial charge in [-0.2, -0.15) is 0 Å². The maximum absolute atomic E-state index is 4.81. The summed E-state index contributed by atoms with van der Waals surface area (Å²) >= 11 is 0. The largest absolute Gasteiger partial charge is 0.333 e. The van der Waals surface area contributed by atoms with Crippen molar-refractivity contribution in [3.63, 3.8) is 0 Å². The Balaban J connectivity index is 1.84. The summed E-state index contributed by atoms with van der Waals surface area (Å²) in [5.41, 5.74) is 6.91. The number of hydrogen-bond donors (Lipinski definition) is 0. The van der Waals surface area contributed by atoms with E-state index in [-0.39, 0.29) is 0 Å². The SMILES string of the molecule is C=Cc1ccc(CCC(=C)N=c2c(-c3ccccc3)nccn2C)cc1C=NC. The van der Waals surface area contributed by atoms with Crippen molar-refractivity contribution in [2.75, 3.05) is 7.05 Å². The first kappa shape index (κ1) is 20.2. The van der Waals surface area contributed by atoms with Crippen LogP contribution in [0.15, 0.2) is 89.8 Å². The second kappa shape index (κ2) is 9.60. The molecular formula is C25H26N4. The van der Waals surface area contributed by atoms with Crippen LogP contribution in [0, 0.1) is 0 Å². The van der Waals surface area contributed by atoms with Crippen LogP contribution in [0.3, 0.4) is 0 Å². The molecule has 1 heterocycles. The maximum atomic E-state index is 4.81. The van der Waals surface area contributed by atoms with E-state index in [9.17, 15) is 0 Å². The van der Waals surface area contributed by atoms with Crippen LogP contribution < -0.4 is 5.49 Å². The van der Waals surface area contributed by atoms with Gasteiger partial charge in [-0.3, -0.25) is 9.98 Å². The number of nitrogens with zero attached hydrogens (tertiary/aromatic N) is 4. The van der Waals surface area contributed by atoms with E-state index in [0.717, 1.165) is 46.4 Å². The topological polar surface area (TPSA) is 42.5 Å². The molecule has 4 heteroatoms. The van der Waals surface area contributed by atoms with Crippen molar-refractivity contribution >= 4 is 12.3 Å². The molecule has 0 N–H and O–H groups in total. The van der Waals surface area contributed by atoms with E-state index < -0.39 is 0 Å². The highest BCUT2D eigenvalue weighted by molar-refractivity contribution is 5.85. The summed E-state index contributed by atoms with van der Waals surface area (Å²) in [7, 11) is 3.75. The average molecular weight is 383 g/mol. The molecule has 0 saturated heterocycles. The second-order valence-corrected chi connectivity index (χ2v) is 6.81. The summed E-state index contributed by atoms with van der Waals surface area (Å²) in [4.78, 5) is 13.5. The predicted octanol–water partition coefficient (Wildman–Crippen LogP) is 4.83. The smallest absolute Gasteiger partial charge is 0.159 e. The molecule has 29 heavy (non-hydrogen) atoms. The molecule has 1 aromatic heterocycles. The molecule has 4 nitrogen and oxygen atoms in total. The zero-order chi connectivity index (χ0) is 20.6. The van der Waals surface area contributed by atoms with Gasteiger partial charge in [-0.1, -0.05) is 61.7 Å². The van der Waals surface area contributed by atoms with E-state index in [0.29, 0.717) is 0 Å². The quantitative estimate of drug-likeness (QED) is 0.540. The third-order valence-corrected chi connectivity index (χ3v) is 4.69. The van der Waals surface area contributed by atoms with Gasteiger partial charge in [0.25, 0.3) is 0 Å². The van der Waals surface area contributed by atoms with Gasteiger partial charge in [0.1, 0.15) is 5.69 Å². The van der Waals surface area contributed by atoms with Crippen molar-refractivity contribution in [2.24, 2.45) is 17.0 Å². The third kappa shape index (κ3) is 5.05. The maximum Gasteiger partial charge on any atom is 0.159 e. The van der Waals surface area contributed by atoms with Gasteiger partial charge in [0, 0.05) is 44.0 Å². The molecule has 0 amide bonds. The zero-order valence-corrected chi connectivity index (χ0v) is 17.0. The first-order valence-electron chi connectivity index (χ1n) is 9.59. The molecule has 0 spiro atoms. The fraction of sp³-hybridized carbons (Fsp3) is 0.160. The Kier molecular flexibility index (Phi) is 6.69. The normalized spacial score (nSPS) is 11.7. The Morgan fingerprint density at radius 2 is 1.93 bits per heavy atom. The number of aromatic nitrogens is 2. The Hall–Kier alpha value is -3.53. The molecule has 0 fully saturated rings. The highest BCUT2D eigenvalue weighted by Crippen LogP contribution is 2.16. The van der Waals surface area contributed by atoms with Gasteiger partial charge in [-0.25, -0.2) is 4.99 Å². The van der Waals surface area contributed by atoms with Crippen LogP contribution in [-0.2, 0) is 13.5 Å². The summed E-state index contributed by atoms with van der Waals surface area (Å²) in [5.74, 6) is 0. The highest BCUT2D eigenvalue weighted by Gasteiger charge is 2.05. The number of rotatable bonds is 7. The average Bonchev–Trinajstić information content (AvgIpc) is 2.75. The molecule has 0 atom stereocenters. The first-order valence-corrected chi connectivity index (χ1v) is 9.59. The Bertz CT molecular complexity index is 1110. The van der Waals surface area contributed by atoms with Crippen LogP contribution in [0.25, 0.3) is 17.3 Å². The molecule has 3 rings (SSSR count). The lowest BCUT2D eigenvalue weighted by molar-refractivity contribution is 0.800. The fourth-order valence-corrected chi connectivity index (χ4v) is 3.15. The van der Waals surface area contributed by atoms with Crippen molar-refractivity contribution in [2.45, 2.75) is 12.8 Å². The molecule has 0 bridgehead atoms. The van der Waals surface area contributed by atoms with Crippen molar-refractivity contribution in [3.05, 3.63) is 102 Å². The third-order valence-electron chi connectivity index (χ3n) is 4.69. The van der Waals surface area contributed by atoms with E-state index in [1.807, 2.05) is 60.4 Å². The van der Waals surface area contributed by atoms with Crippen molar-refractivity contribution in [1.29, 1.82) is 0 Å². The van der Waals surface area contributed by atoms with Gasteiger partial charge >= 0.3 is 0 Å². The minimum absolute atomic E-state index is 0.763. The summed E-state index contributed by atoms with van der Waals surface area (Å²) in [6, 6.07) is 16.4. The van der Waals surface area contributed by atoms with Gasteiger partial charge in [0.2, 0.25) is 0 Å². The van der Waals surface area contributed by atoms with Gasteiger partial charge < -0.3 is 4.57 Å². The molecule has 0 aliphatic carbocycles. The molecule has 0 radical (unpaired) electrons. The predicted molar refractivity (Wildman–Crippen MR) is 122 cm³/mol. The summed E-state index contributed by atoms with van der Waals surface area (Å²) in [6.45, 7) is 8.05. The summed E-state index contributed by atoms with van der Waals surface area (Å²) < 4.78 is 1.98. The fourth-order valence-electron chi connectivity index (χ4n) is 3.15. The van der Waals surface area contributed by atoms with E-state index in [4.69, 9.17) is 4.99 Å². The molecule has 3 aromatic rings. The van der Waals surface area contributed by atoms with Crippen molar-refractivity contribution in [1.82, 2.24) is 9.55 Å². The van der Waals surface area contributed by atoms with Crippen LogP contribution >= 0.6 is 0 Å². The Morgan fingerprint density at radius 1 is 1.14 bits per heavy atom.